The number of amides is 1. The fourth-order valence-corrected chi connectivity index (χ4v) is 3.15. The smallest absolute Gasteiger partial charge is 0.261 e. The van der Waals surface area contributed by atoms with Gasteiger partial charge in [0.05, 0.1) is 12.8 Å². The van der Waals surface area contributed by atoms with Gasteiger partial charge in [-0.1, -0.05) is 18.2 Å². The predicted molar refractivity (Wildman–Crippen MR) is 108 cm³/mol. The molecule has 1 aliphatic rings. The van der Waals surface area contributed by atoms with E-state index < -0.39 is 11.5 Å². The maximum Gasteiger partial charge on any atom is 0.261 e. The van der Waals surface area contributed by atoms with E-state index in [4.69, 9.17) is 14.2 Å². The molecule has 3 aromatic rings. The van der Waals surface area contributed by atoms with Crippen LogP contribution in [0.25, 0.3) is 11.3 Å². The van der Waals surface area contributed by atoms with E-state index in [2.05, 4.69) is 10.3 Å². The summed E-state index contributed by atoms with van der Waals surface area (Å²) < 4.78 is 16.4. The van der Waals surface area contributed by atoms with Crippen LogP contribution in [-0.4, -0.2) is 31.2 Å². The third kappa shape index (κ3) is 3.94. The molecule has 0 bridgehead atoms. The lowest BCUT2D eigenvalue weighted by Crippen LogP contribution is -2.29. The predicted octanol–water partition coefficient (Wildman–Crippen LogP) is 2.75. The van der Waals surface area contributed by atoms with E-state index >= 15 is 0 Å². The number of benzene rings is 2. The van der Waals surface area contributed by atoms with Gasteiger partial charge >= 0.3 is 0 Å². The molecule has 0 atom stereocenters. The molecular formula is C22H20N2O5. The summed E-state index contributed by atoms with van der Waals surface area (Å²) in [7, 11) is 1.57. The van der Waals surface area contributed by atoms with Gasteiger partial charge in [-0.15, -0.1) is 0 Å². The Balaban J connectivity index is 1.48. The molecule has 2 heterocycles. The van der Waals surface area contributed by atoms with Crippen LogP contribution < -0.4 is 25.1 Å². The van der Waals surface area contributed by atoms with Crippen molar-refractivity contribution in [2.75, 3.05) is 20.3 Å². The number of methoxy groups -OCH3 is 1. The molecule has 0 spiro atoms. The summed E-state index contributed by atoms with van der Waals surface area (Å²) in [5.74, 6) is 1.53. The Morgan fingerprint density at radius 2 is 1.86 bits per heavy atom. The number of hydrogen-bond acceptors (Lipinski definition) is 5. The van der Waals surface area contributed by atoms with Crippen LogP contribution in [0.1, 0.15) is 15.9 Å². The van der Waals surface area contributed by atoms with Crippen LogP contribution in [0.5, 0.6) is 17.2 Å². The van der Waals surface area contributed by atoms with Gasteiger partial charge in [0.15, 0.2) is 11.5 Å². The Bertz CT molecular complexity index is 1110. The lowest BCUT2D eigenvalue weighted by molar-refractivity contribution is 0.0949. The molecule has 148 valence electrons. The summed E-state index contributed by atoms with van der Waals surface area (Å²) in [5.41, 5.74) is 1.75. The highest BCUT2D eigenvalue weighted by Crippen LogP contribution is 2.30. The van der Waals surface area contributed by atoms with E-state index in [9.17, 15) is 9.59 Å². The molecule has 1 amide bonds. The third-order valence-corrected chi connectivity index (χ3v) is 4.61. The van der Waals surface area contributed by atoms with Crippen molar-refractivity contribution in [1.82, 2.24) is 10.3 Å². The first-order valence-electron chi connectivity index (χ1n) is 9.19. The van der Waals surface area contributed by atoms with Crippen LogP contribution >= 0.6 is 0 Å². The number of hydrogen-bond donors (Lipinski definition) is 2. The van der Waals surface area contributed by atoms with E-state index in [1.165, 1.54) is 6.07 Å². The van der Waals surface area contributed by atoms with Crippen LogP contribution in [0.3, 0.4) is 0 Å². The number of carbonyl (C=O) groups is 1. The Morgan fingerprint density at radius 3 is 2.66 bits per heavy atom. The quantitative estimate of drug-likeness (QED) is 0.697. The van der Waals surface area contributed by atoms with E-state index in [0.29, 0.717) is 36.2 Å². The van der Waals surface area contributed by atoms with Gasteiger partial charge in [0, 0.05) is 12.1 Å². The second kappa shape index (κ2) is 8.10. The van der Waals surface area contributed by atoms with Crippen LogP contribution in [-0.2, 0) is 6.54 Å². The minimum Gasteiger partial charge on any atom is -0.496 e. The largest absolute Gasteiger partial charge is 0.496 e. The fraction of sp³-hybridized carbons (Fsp3) is 0.182. The number of aromatic nitrogens is 1. The molecule has 0 radical (unpaired) electrons. The number of fused-ring (bicyclic) bond motifs is 1. The van der Waals surface area contributed by atoms with Crippen molar-refractivity contribution in [1.29, 1.82) is 0 Å². The van der Waals surface area contributed by atoms with Crippen molar-refractivity contribution in [3.05, 3.63) is 76.1 Å². The van der Waals surface area contributed by atoms with E-state index in [1.807, 2.05) is 42.5 Å². The average molecular weight is 392 g/mol. The van der Waals surface area contributed by atoms with Crippen molar-refractivity contribution >= 4 is 5.91 Å². The number of nitrogens with one attached hydrogen (secondary N) is 2. The van der Waals surface area contributed by atoms with Gasteiger partial charge < -0.3 is 24.5 Å². The average Bonchev–Trinajstić information content (AvgIpc) is 2.77. The summed E-state index contributed by atoms with van der Waals surface area (Å²) in [5, 5.41) is 2.76. The number of carbonyl (C=O) groups excluding carboxylic acids is 1. The fourth-order valence-electron chi connectivity index (χ4n) is 3.15. The highest BCUT2D eigenvalue weighted by atomic mass is 16.6. The van der Waals surface area contributed by atoms with Crippen LogP contribution in [0.4, 0.5) is 0 Å². The molecule has 0 saturated carbocycles. The SMILES string of the molecule is COc1ccccc1-c1ccc(C(=O)NCc2ccc3c(c2)OCCO3)c(=O)[nH]1. The first-order valence-corrected chi connectivity index (χ1v) is 9.19. The molecule has 1 aliphatic heterocycles. The van der Waals surface area contributed by atoms with Crippen molar-refractivity contribution in [2.24, 2.45) is 0 Å². The molecule has 2 aromatic carbocycles. The minimum atomic E-state index is -0.465. The van der Waals surface area contributed by atoms with Gasteiger partial charge in [0.25, 0.3) is 11.5 Å². The highest BCUT2D eigenvalue weighted by molar-refractivity contribution is 5.94. The first kappa shape index (κ1) is 18.6. The molecule has 1 aromatic heterocycles. The van der Waals surface area contributed by atoms with Crippen LogP contribution in [0, 0.1) is 0 Å². The van der Waals surface area contributed by atoms with E-state index in [0.717, 1.165) is 11.1 Å². The number of rotatable bonds is 5. The molecule has 2 N–H and O–H groups in total. The molecule has 0 aliphatic carbocycles. The number of ether oxygens (including phenoxy) is 3. The van der Waals surface area contributed by atoms with Gasteiger partial charge in [0.1, 0.15) is 24.5 Å². The highest BCUT2D eigenvalue weighted by Gasteiger charge is 2.15. The van der Waals surface area contributed by atoms with Crippen molar-refractivity contribution < 1.29 is 19.0 Å². The van der Waals surface area contributed by atoms with Gasteiger partial charge in [0.2, 0.25) is 0 Å². The lowest BCUT2D eigenvalue weighted by Gasteiger charge is -2.19. The third-order valence-electron chi connectivity index (χ3n) is 4.61. The molecule has 7 heteroatoms. The molecule has 0 fully saturated rings. The zero-order chi connectivity index (χ0) is 20.2. The number of pyridine rings is 1. The van der Waals surface area contributed by atoms with Crippen molar-refractivity contribution in [3.63, 3.8) is 0 Å². The number of para-hydroxylation sites is 1. The maximum absolute atomic E-state index is 12.5. The number of H-pyrrole nitrogens is 1. The Hall–Kier alpha value is -3.74. The van der Waals surface area contributed by atoms with Crippen molar-refractivity contribution in [2.45, 2.75) is 6.54 Å². The zero-order valence-electron chi connectivity index (χ0n) is 15.9. The molecule has 7 nitrogen and oxygen atoms in total. The summed E-state index contributed by atoms with van der Waals surface area (Å²) in [4.78, 5) is 27.7. The van der Waals surface area contributed by atoms with E-state index in [1.54, 1.807) is 13.2 Å². The van der Waals surface area contributed by atoms with Crippen LogP contribution in [0.15, 0.2) is 59.4 Å². The molecule has 29 heavy (non-hydrogen) atoms. The maximum atomic E-state index is 12.5. The standard InChI is InChI=1S/C22H20N2O5/c1-27-18-5-3-2-4-15(18)17-8-7-16(22(26)24-17)21(25)23-13-14-6-9-19-20(12-14)29-11-10-28-19/h2-9,12H,10-11,13H2,1H3,(H,23,25)(H,24,26). The monoisotopic (exact) mass is 392 g/mol. The summed E-state index contributed by atoms with van der Waals surface area (Å²) in [6.07, 6.45) is 0. The summed E-state index contributed by atoms with van der Waals surface area (Å²) in [6, 6.07) is 16.0. The van der Waals surface area contributed by atoms with Gasteiger partial charge in [-0.2, -0.15) is 0 Å². The summed E-state index contributed by atoms with van der Waals surface area (Å²) >= 11 is 0. The topological polar surface area (TPSA) is 89.7 Å². The second-order valence-electron chi connectivity index (χ2n) is 6.48. The van der Waals surface area contributed by atoms with Crippen molar-refractivity contribution in [3.8, 4) is 28.5 Å². The molecular weight excluding hydrogens is 372 g/mol. The van der Waals surface area contributed by atoms with Gasteiger partial charge in [-0.05, 0) is 42.0 Å². The molecule has 4 rings (SSSR count). The molecule has 0 unspecified atom stereocenters. The van der Waals surface area contributed by atoms with Crippen LogP contribution in [0.2, 0.25) is 0 Å². The molecule has 0 saturated heterocycles. The lowest BCUT2D eigenvalue weighted by atomic mass is 10.1. The second-order valence-corrected chi connectivity index (χ2v) is 6.48. The van der Waals surface area contributed by atoms with E-state index in [-0.39, 0.29) is 12.1 Å². The van der Waals surface area contributed by atoms with Gasteiger partial charge in [-0.25, -0.2) is 0 Å². The Morgan fingerprint density at radius 1 is 1.07 bits per heavy atom. The normalized spacial score (nSPS) is 12.3. The summed E-state index contributed by atoms with van der Waals surface area (Å²) in [6.45, 7) is 1.29. The number of aromatic amines is 1. The zero-order valence-corrected chi connectivity index (χ0v) is 15.9. The minimum absolute atomic E-state index is 0.0428. The first-order chi connectivity index (χ1) is 14.2. The Labute approximate surface area is 167 Å². The van der Waals surface area contributed by atoms with Gasteiger partial charge in [-0.3, -0.25) is 9.59 Å². The Kier molecular flexibility index (Phi) is 5.20.